The first-order valence-corrected chi connectivity index (χ1v) is 6.75. The van der Waals surface area contributed by atoms with Gasteiger partial charge in [0.15, 0.2) is 0 Å². The molecule has 0 saturated heterocycles. The van der Waals surface area contributed by atoms with Crippen molar-refractivity contribution < 1.29 is 19.1 Å². The molecular formula is C17H16O4. The van der Waals surface area contributed by atoms with Crippen LogP contribution in [0.3, 0.4) is 0 Å². The quantitative estimate of drug-likeness (QED) is 0.623. The maximum absolute atomic E-state index is 12.2. The van der Waals surface area contributed by atoms with E-state index in [9.17, 15) is 9.59 Å². The van der Waals surface area contributed by atoms with Crippen LogP contribution in [0.1, 0.15) is 34.1 Å². The zero-order valence-corrected chi connectivity index (χ0v) is 11.7. The highest BCUT2D eigenvalue weighted by atomic mass is 16.5. The summed E-state index contributed by atoms with van der Waals surface area (Å²) in [5, 5.41) is 0. The minimum absolute atomic E-state index is 0.197. The number of carbonyl (C=O) groups is 2. The van der Waals surface area contributed by atoms with Gasteiger partial charge in [-0.25, -0.2) is 9.59 Å². The van der Waals surface area contributed by atoms with Crippen LogP contribution >= 0.6 is 0 Å². The van der Waals surface area contributed by atoms with Crippen molar-refractivity contribution in [2.75, 3.05) is 6.61 Å². The van der Waals surface area contributed by atoms with Crippen LogP contribution in [0.5, 0.6) is 5.75 Å². The molecule has 0 atom stereocenters. The van der Waals surface area contributed by atoms with Gasteiger partial charge in [0.25, 0.3) is 0 Å². The molecule has 2 aromatic carbocycles. The van der Waals surface area contributed by atoms with E-state index in [-0.39, 0.29) is 11.1 Å². The monoisotopic (exact) mass is 284 g/mol. The average Bonchev–Trinajstić information content (AvgIpc) is 2.53. The summed E-state index contributed by atoms with van der Waals surface area (Å²) in [6.07, 6.45) is 0.725. The lowest BCUT2D eigenvalue weighted by atomic mass is 10.1. The molecule has 0 aromatic heterocycles. The van der Waals surface area contributed by atoms with Crippen molar-refractivity contribution >= 4 is 11.9 Å². The fourth-order valence-electron chi connectivity index (χ4n) is 1.76. The Balaban J connectivity index is 2.19. The lowest BCUT2D eigenvalue weighted by Gasteiger charge is -2.09. The second kappa shape index (κ2) is 7.24. The molecule has 108 valence electrons. The Kier molecular flexibility index (Phi) is 5.10. The molecule has 0 N–H and O–H groups in total. The second-order valence-corrected chi connectivity index (χ2v) is 4.38. The third kappa shape index (κ3) is 3.92. The molecule has 0 aliphatic heterocycles. The lowest BCUT2D eigenvalue weighted by Crippen LogP contribution is -2.16. The molecule has 0 saturated carbocycles. The van der Waals surface area contributed by atoms with E-state index < -0.39 is 11.9 Å². The maximum Gasteiger partial charge on any atom is 0.344 e. The molecule has 21 heavy (non-hydrogen) atoms. The van der Waals surface area contributed by atoms with E-state index in [1.165, 1.54) is 0 Å². The molecule has 0 aliphatic rings. The highest BCUT2D eigenvalue weighted by Gasteiger charge is 2.19. The largest absolute Gasteiger partial charge is 0.462 e. The number of para-hydroxylation sites is 1. The minimum atomic E-state index is -0.578. The van der Waals surface area contributed by atoms with Crippen LogP contribution in [-0.2, 0) is 4.74 Å². The van der Waals surface area contributed by atoms with Gasteiger partial charge in [0.2, 0.25) is 0 Å². The Hall–Kier alpha value is -2.62. The Labute approximate surface area is 123 Å². The van der Waals surface area contributed by atoms with Gasteiger partial charge in [0.1, 0.15) is 5.75 Å². The van der Waals surface area contributed by atoms with Gasteiger partial charge in [-0.15, -0.1) is 0 Å². The Morgan fingerprint density at radius 1 is 0.857 bits per heavy atom. The summed E-state index contributed by atoms with van der Waals surface area (Å²) in [6, 6.07) is 15.2. The number of hydrogen-bond donors (Lipinski definition) is 0. The highest BCUT2D eigenvalue weighted by Crippen LogP contribution is 2.15. The van der Waals surface area contributed by atoms with E-state index >= 15 is 0 Å². The molecule has 0 spiro atoms. The molecule has 0 amide bonds. The lowest BCUT2D eigenvalue weighted by molar-refractivity contribution is 0.0496. The Morgan fingerprint density at radius 3 is 2.05 bits per heavy atom. The van der Waals surface area contributed by atoms with Crippen LogP contribution in [0.2, 0.25) is 0 Å². The number of hydrogen-bond acceptors (Lipinski definition) is 4. The molecule has 0 unspecified atom stereocenters. The molecular weight excluding hydrogens is 268 g/mol. The smallest absolute Gasteiger partial charge is 0.344 e. The number of esters is 2. The van der Waals surface area contributed by atoms with Crippen molar-refractivity contribution in [3.8, 4) is 5.75 Å². The van der Waals surface area contributed by atoms with E-state index in [1.807, 2.05) is 13.0 Å². The van der Waals surface area contributed by atoms with E-state index in [0.29, 0.717) is 12.4 Å². The molecule has 2 aromatic rings. The molecule has 0 aliphatic carbocycles. The molecule has 0 radical (unpaired) electrons. The zero-order valence-electron chi connectivity index (χ0n) is 11.7. The topological polar surface area (TPSA) is 52.6 Å². The first kappa shape index (κ1) is 14.8. The first-order valence-electron chi connectivity index (χ1n) is 6.75. The van der Waals surface area contributed by atoms with Crippen LogP contribution in [-0.4, -0.2) is 18.5 Å². The van der Waals surface area contributed by atoms with Gasteiger partial charge in [-0.05, 0) is 30.7 Å². The summed E-state index contributed by atoms with van der Waals surface area (Å²) in [4.78, 5) is 24.1. The predicted octanol–water partition coefficient (Wildman–Crippen LogP) is 3.47. The van der Waals surface area contributed by atoms with Gasteiger partial charge in [-0.1, -0.05) is 37.3 Å². The SMILES string of the molecule is CCCOC(=O)c1ccccc1C(=O)Oc1ccccc1. The van der Waals surface area contributed by atoms with Crippen molar-refractivity contribution in [3.05, 3.63) is 65.7 Å². The highest BCUT2D eigenvalue weighted by molar-refractivity contribution is 6.03. The zero-order chi connectivity index (χ0) is 15.1. The van der Waals surface area contributed by atoms with Crippen LogP contribution in [0.4, 0.5) is 0 Å². The maximum atomic E-state index is 12.2. The van der Waals surface area contributed by atoms with Gasteiger partial charge in [-0.3, -0.25) is 0 Å². The Bertz CT molecular complexity index is 620. The number of carbonyl (C=O) groups excluding carboxylic acids is 2. The summed E-state index contributed by atoms with van der Waals surface area (Å²) in [7, 11) is 0. The van der Waals surface area contributed by atoms with Crippen molar-refractivity contribution in [3.63, 3.8) is 0 Å². The van der Waals surface area contributed by atoms with Gasteiger partial charge >= 0.3 is 11.9 Å². The third-order valence-electron chi connectivity index (χ3n) is 2.76. The molecule has 4 heteroatoms. The Morgan fingerprint density at radius 2 is 1.43 bits per heavy atom. The van der Waals surface area contributed by atoms with Crippen LogP contribution in [0.15, 0.2) is 54.6 Å². The number of benzene rings is 2. The van der Waals surface area contributed by atoms with E-state index in [0.717, 1.165) is 6.42 Å². The normalized spacial score (nSPS) is 9.95. The van der Waals surface area contributed by atoms with Crippen molar-refractivity contribution in [2.45, 2.75) is 13.3 Å². The van der Waals surface area contributed by atoms with Crippen molar-refractivity contribution in [2.24, 2.45) is 0 Å². The molecule has 0 fully saturated rings. The fraction of sp³-hybridized carbons (Fsp3) is 0.176. The summed E-state index contributed by atoms with van der Waals surface area (Å²) in [5.41, 5.74) is 0.411. The number of rotatable bonds is 5. The van der Waals surface area contributed by atoms with Gasteiger partial charge < -0.3 is 9.47 Å². The van der Waals surface area contributed by atoms with Gasteiger partial charge in [0, 0.05) is 0 Å². The van der Waals surface area contributed by atoms with Crippen LogP contribution in [0.25, 0.3) is 0 Å². The first-order chi connectivity index (χ1) is 10.2. The van der Waals surface area contributed by atoms with E-state index in [2.05, 4.69) is 0 Å². The van der Waals surface area contributed by atoms with Crippen molar-refractivity contribution in [1.29, 1.82) is 0 Å². The van der Waals surface area contributed by atoms with E-state index in [1.54, 1.807) is 48.5 Å². The summed E-state index contributed by atoms with van der Waals surface area (Å²) in [5.74, 6) is -0.665. The predicted molar refractivity (Wildman–Crippen MR) is 78.4 cm³/mol. The summed E-state index contributed by atoms with van der Waals surface area (Å²) in [6.45, 7) is 2.23. The number of ether oxygens (including phenoxy) is 2. The minimum Gasteiger partial charge on any atom is -0.462 e. The van der Waals surface area contributed by atoms with E-state index in [4.69, 9.17) is 9.47 Å². The summed E-state index contributed by atoms with van der Waals surface area (Å²) < 4.78 is 10.3. The average molecular weight is 284 g/mol. The standard InChI is InChI=1S/C17H16O4/c1-2-12-20-16(18)14-10-6-7-11-15(14)17(19)21-13-8-4-3-5-9-13/h3-11H,2,12H2,1H3. The van der Waals surface area contributed by atoms with Gasteiger partial charge in [-0.2, -0.15) is 0 Å². The summed E-state index contributed by atoms with van der Waals surface area (Å²) >= 11 is 0. The van der Waals surface area contributed by atoms with Gasteiger partial charge in [0.05, 0.1) is 17.7 Å². The second-order valence-electron chi connectivity index (χ2n) is 4.38. The molecule has 0 heterocycles. The fourth-order valence-corrected chi connectivity index (χ4v) is 1.76. The van der Waals surface area contributed by atoms with Crippen LogP contribution < -0.4 is 4.74 Å². The molecule has 2 rings (SSSR count). The van der Waals surface area contributed by atoms with Crippen molar-refractivity contribution in [1.82, 2.24) is 0 Å². The molecule has 4 nitrogen and oxygen atoms in total. The molecule has 0 bridgehead atoms. The van der Waals surface area contributed by atoms with Crippen LogP contribution in [0, 0.1) is 0 Å². The third-order valence-corrected chi connectivity index (χ3v) is 2.76.